The highest BCUT2D eigenvalue weighted by molar-refractivity contribution is 5.43. The van der Waals surface area contributed by atoms with E-state index in [0.29, 0.717) is 11.6 Å². The Kier molecular flexibility index (Phi) is 3.63. The molecule has 2 unspecified atom stereocenters. The second kappa shape index (κ2) is 5.18. The van der Waals surface area contributed by atoms with Gasteiger partial charge in [-0.1, -0.05) is 13.8 Å². The van der Waals surface area contributed by atoms with Crippen molar-refractivity contribution in [3.05, 3.63) is 23.9 Å². The summed E-state index contributed by atoms with van der Waals surface area (Å²) < 4.78 is 0. The van der Waals surface area contributed by atoms with E-state index in [0.717, 1.165) is 17.7 Å². The molecule has 0 spiro atoms. The SMILES string of the molecule is CC1CC(C)CC(Nc2cc(C#N)ccn2)C1. The zero-order valence-corrected chi connectivity index (χ0v) is 10.5. The summed E-state index contributed by atoms with van der Waals surface area (Å²) in [4.78, 5) is 4.27. The Bertz CT molecular complexity index is 412. The number of anilines is 1. The van der Waals surface area contributed by atoms with Crippen molar-refractivity contribution >= 4 is 5.82 Å². The van der Waals surface area contributed by atoms with Gasteiger partial charge in [-0.3, -0.25) is 0 Å². The van der Waals surface area contributed by atoms with Crippen molar-refractivity contribution in [1.82, 2.24) is 4.98 Å². The molecule has 1 N–H and O–H groups in total. The molecule has 3 nitrogen and oxygen atoms in total. The van der Waals surface area contributed by atoms with Gasteiger partial charge in [-0.15, -0.1) is 0 Å². The molecule has 1 aliphatic rings. The maximum absolute atomic E-state index is 8.85. The number of nitriles is 1. The van der Waals surface area contributed by atoms with Crippen LogP contribution in [0.5, 0.6) is 0 Å². The standard InChI is InChI=1S/C14H19N3/c1-10-5-11(2)7-13(6-10)17-14-8-12(9-15)3-4-16-14/h3-4,8,10-11,13H,5-7H2,1-2H3,(H,16,17). The molecule has 1 heterocycles. The summed E-state index contributed by atoms with van der Waals surface area (Å²) in [7, 11) is 0. The topological polar surface area (TPSA) is 48.7 Å². The maximum Gasteiger partial charge on any atom is 0.127 e. The third kappa shape index (κ3) is 3.20. The van der Waals surface area contributed by atoms with Crippen LogP contribution in [0.25, 0.3) is 0 Å². The molecule has 2 rings (SSSR count). The lowest BCUT2D eigenvalue weighted by molar-refractivity contribution is 0.280. The van der Waals surface area contributed by atoms with Gasteiger partial charge in [-0.05, 0) is 43.2 Å². The molecule has 3 heteroatoms. The Labute approximate surface area is 103 Å². The van der Waals surface area contributed by atoms with Gasteiger partial charge in [0.25, 0.3) is 0 Å². The molecule has 0 bridgehead atoms. The molecule has 0 aromatic carbocycles. The van der Waals surface area contributed by atoms with E-state index >= 15 is 0 Å². The summed E-state index contributed by atoms with van der Waals surface area (Å²) in [6.45, 7) is 4.62. The van der Waals surface area contributed by atoms with Gasteiger partial charge >= 0.3 is 0 Å². The van der Waals surface area contributed by atoms with Gasteiger partial charge in [0.2, 0.25) is 0 Å². The minimum absolute atomic E-state index is 0.496. The van der Waals surface area contributed by atoms with Gasteiger partial charge in [0.1, 0.15) is 5.82 Å². The molecule has 1 aliphatic carbocycles. The number of aromatic nitrogens is 1. The van der Waals surface area contributed by atoms with E-state index < -0.39 is 0 Å². The molecule has 0 aliphatic heterocycles. The highest BCUT2D eigenvalue weighted by Crippen LogP contribution is 2.30. The Balaban J connectivity index is 2.02. The Morgan fingerprint density at radius 2 is 2.00 bits per heavy atom. The van der Waals surface area contributed by atoms with Crippen LogP contribution in [0, 0.1) is 23.2 Å². The fourth-order valence-electron chi connectivity index (χ4n) is 2.85. The lowest BCUT2D eigenvalue weighted by atomic mass is 9.80. The summed E-state index contributed by atoms with van der Waals surface area (Å²) in [5.41, 5.74) is 0.666. The largest absolute Gasteiger partial charge is 0.367 e. The second-order valence-corrected chi connectivity index (χ2v) is 5.30. The third-order valence-electron chi connectivity index (χ3n) is 3.42. The number of pyridine rings is 1. The Hall–Kier alpha value is -1.56. The van der Waals surface area contributed by atoms with Gasteiger partial charge in [0.05, 0.1) is 11.6 Å². The van der Waals surface area contributed by atoms with Gasteiger partial charge in [-0.2, -0.15) is 5.26 Å². The lowest BCUT2D eigenvalue weighted by Crippen LogP contribution is -2.30. The minimum Gasteiger partial charge on any atom is -0.367 e. The Morgan fingerprint density at radius 3 is 2.65 bits per heavy atom. The van der Waals surface area contributed by atoms with Gasteiger partial charge in [0.15, 0.2) is 0 Å². The molecule has 0 amide bonds. The quantitative estimate of drug-likeness (QED) is 0.847. The van der Waals surface area contributed by atoms with E-state index in [1.807, 2.05) is 6.07 Å². The summed E-state index contributed by atoms with van der Waals surface area (Å²) in [5.74, 6) is 2.38. The van der Waals surface area contributed by atoms with Crippen molar-refractivity contribution in [3.63, 3.8) is 0 Å². The molecule has 1 saturated carbocycles. The first-order valence-electron chi connectivity index (χ1n) is 6.30. The minimum atomic E-state index is 0.496. The van der Waals surface area contributed by atoms with E-state index in [2.05, 4.69) is 30.2 Å². The predicted octanol–water partition coefficient (Wildman–Crippen LogP) is 3.19. The van der Waals surface area contributed by atoms with Crippen LogP contribution >= 0.6 is 0 Å². The molecular formula is C14H19N3. The fourth-order valence-corrected chi connectivity index (χ4v) is 2.85. The summed E-state index contributed by atoms with van der Waals surface area (Å²) in [6.07, 6.45) is 5.41. The van der Waals surface area contributed by atoms with Crippen LogP contribution in [0.3, 0.4) is 0 Å². The van der Waals surface area contributed by atoms with Gasteiger partial charge in [0, 0.05) is 12.2 Å². The van der Waals surface area contributed by atoms with Crippen LogP contribution in [0.15, 0.2) is 18.3 Å². The molecule has 1 aromatic rings. The van der Waals surface area contributed by atoms with Crippen LogP contribution in [-0.4, -0.2) is 11.0 Å². The summed E-state index contributed by atoms with van der Waals surface area (Å²) in [5, 5.41) is 12.3. The molecule has 0 radical (unpaired) electrons. The van der Waals surface area contributed by atoms with Crippen LogP contribution in [-0.2, 0) is 0 Å². The highest BCUT2D eigenvalue weighted by Gasteiger charge is 2.23. The van der Waals surface area contributed by atoms with E-state index in [4.69, 9.17) is 5.26 Å². The predicted molar refractivity (Wildman–Crippen MR) is 68.5 cm³/mol. The zero-order valence-electron chi connectivity index (χ0n) is 10.5. The van der Waals surface area contributed by atoms with Crippen molar-refractivity contribution in [3.8, 4) is 6.07 Å². The normalized spacial score (nSPS) is 28.4. The summed E-state index contributed by atoms with van der Waals surface area (Å²) in [6, 6.07) is 6.19. The second-order valence-electron chi connectivity index (χ2n) is 5.30. The van der Waals surface area contributed by atoms with Gasteiger partial charge < -0.3 is 5.32 Å². The van der Waals surface area contributed by atoms with Crippen LogP contribution in [0.4, 0.5) is 5.82 Å². The molecular weight excluding hydrogens is 210 g/mol. The number of hydrogen-bond donors (Lipinski definition) is 1. The van der Waals surface area contributed by atoms with Crippen molar-refractivity contribution in [1.29, 1.82) is 5.26 Å². The van der Waals surface area contributed by atoms with Crippen molar-refractivity contribution < 1.29 is 0 Å². The first-order chi connectivity index (χ1) is 8.17. The van der Waals surface area contributed by atoms with Crippen molar-refractivity contribution in [2.75, 3.05) is 5.32 Å². The fraction of sp³-hybridized carbons (Fsp3) is 0.571. The average Bonchev–Trinajstić information content (AvgIpc) is 2.28. The number of nitrogens with zero attached hydrogens (tertiary/aromatic N) is 2. The maximum atomic E-state index is 8.85. The van der Waals surface area contributed by atoms with E-state index in [-0.39, 0.29) is 0 Å². The zero-order chi connectivity index (χ0) is 12.3. The van der Waals surface area contributed by atoms with Gasteiger partial charge in [-0.25, -0.2) is 4.98 Å². The smallest absolute Gasteiger partial charge is 0.127 e. The number of rotatable bonds is 2. The first-order valence-corrected chi connectivity index (χ1v) is 6.30. The number of nitrogens with one attached hydrogen (secondary N) is 1. The molecule has 1 aromatic heterocycles. The third-order valence-corrected chi connectivity index (χ3v) is 3.42. The molecule has 90 valence electrons. The van der Waals surface area contributed by atoms with Crippen molar-refractivity contribution in [2.45, 2.75) is 39.2 Å². The molecule has 1 fully saturated rings. The highest BCUT2D eigenvalue weighted by atomic mass is 15.0. The summed E-state index contributed by atoms with van der Waals surface area (Å²) >= 11 is 0. The average molecular weight is 229 g/mol. The Morgan fingerprint density at radius 1 is 1.29 bits per heavy atom. The lowest BCUT2D eigenvalue weighted by Gasteiger charge is -2.32. The van der Waals surface area contributed by atoms with E-state index in [1.54, 1.807) is 12.3 Å². The molecule has 0 saturated heterocycles. The van der Waals surface area contributed by atoms with Crippen LogP contribution in [0.2, 0.25) is 0 Å². The number of hydrogen-bond acceptors (Lipinski definition) is 3. The van der Waals surface area contributed by atoms with E-state index in [9.17, 15) is 0 Å². The molecule has 2 atom stereocenters. The van der Waals surface area contributed by atoms with Crippen molar-refractivity contribution in [2.24, 2.45) is 11.8 Å². The van der Waals surface area contributed by atoms with Crippen LogP contribution < -0.4 is 5.32 Å². The van der Waals surface area contributed by atoms with E-state index in [1.165, 1.54) is 19.3 Å². The first kappa shape index (κ1) is 11.9. The monoisotopic (exact) mass is 229 g/mol. The van der Waals surface area contributed by atoms with Crippen LogP contribution in [0.1, 0.15) is 38.7 Å². The molecule has 17 heavy (non-hydrogen) atoms.